The lowest BCUT2D eigenvalue weighted by molar-refractivity contribution is 0.345. The van der Waals surface area contributed by atoms with Gasteiger partial charge >= 0.3 is 0 Å². The zero-order valence-electron chi connectivity index (χ0n) is 11.7. The van der Waals surface area contributed by atoms with E-state index in [0.29, 0.717) is 4.75 Å². The first kappa shape index (κ1) is 14.4. The predicted molar refractivity (Wildman–Crippen MR) is 91.2 cm³/mol. The van der Waals surface area contributed by atoms with E-state index in [1.54, 1.807) is 0 Å². The summed E-state index contributed by atoms with van der Waals surface area (Å²) < 4.78 is 1.60. The van der Waals surface area contributed by atoms with Gasteiger partial charge in [0.05, 0.1) is 5.52 Å². The van der Waals surface area contributed by atoms with Crippen LogP contribution in [0.15, 0.2) is 34.9 Å². The molecule has 0 amide bonds. The summed E-state index contributed by atoms with van der Waals surface area (Å²) in [6, 6.07) is 8.39. The Kier molecular flexibility index (Phi) is 4.34. The molecule has 0 spiro atoms. The molecule has 1 N–H and O–H groups in total. The Bertz CT molecular complexity index is 605. The normalized spacial score (nSPS) is 17.1. The number of hydrogen-bond acceptors (Lipinski definition) is 3. The summed E-state index contributed by atoms with van der Waals surface area (Å²) >= 11 is 5.61. The molecule has 0 atom stereocenters. The van der Waals surface area contributed by atoms with E-state index in [2.05, 4.69) is 50.7 Å². The molecule has 1 aromatic heterocycles. The second kappa shape index (κ2) is 6.04. The number of thioether (sulfide) groups is 1. The van der Waals surface area contributed by atoms with E-state index in [9.17, 15) is 0 Å². The first-order valence-corrected chi connectivity index (χ1v) is 9.04. The quantitative estimate of drug-likeness (QED) is 0.866. The number of pyridine rings is 1. The molecule has 1 heterocycles. The van der Waals surface area contributed by atoms with Gasteiger partial charge in [-0.3, -0.25) is 4.98 Å². The maximum atomic E-state index is 4.54. The number of rotatable bonds is 5. The smallest absolute Gasteiger partial charge is 0.0758 e. The van der Waals surface area contributed by atoms with Crippen LogP contribution in [-0.4, -0.2) is 22.5 Å². The monoisotopic (exact) mass is 350 g/mol. The molecular weight excluding hydrogens is 332 g/mol. The van der Waals surface area contributed by atoms with E-state index in [0.717, 1.165) is 23.1 Å². The average molecular weight is 351 g/mol. The van der Waals surface area contributed by atoms with Crippen LogP contribution in [0.4, 0.5) is 0 Å². The molecule has 1 aromatic carbocycles. The number of nitrogens with zero attached hydrogens (tertiary/aromatic N) is 1. The Morgan fingerprint density at radius 1 is 1.35 bits per heavy atom. The van der Waals surface area contributed by atoms with E-state index in [4.69, 9.17) is 0 Å². The summed E-state index contributed by atoms with van der Waals surface area (Å²) in [5, 5.41) is 4.82. The summed E-state index contributed by atoms with van der Waals surface area (Å²) in [4.78, 5) is 4.54. The molecule has 1 aliphatic carbocycles. The van der Waals surface area contributed by atoms with Crippen molar-refractivity contribution in [2.45, 2.75) is 30.6 Å². The number of hydrogen-bond donors (Lipinski definition) is 1. The van der Waals surface area contributed by atoms with Gasteiger partial charge < -0.3 is 5.32 Å². The van der Waals surface area contributed by atoms with Crippen molar-refractivity contribution in [1.29, 1.82) is 0 Å². The van der Waals surface area contributed by atoms with Crippen LogP contribution in [0.1, 0.15) is 24.8 Å². The predicted octanol–water partition coefficient (Wildman–Crippen LogP) is 4.37. The molecule has 106 valence electrons. The van der Waals surface area contributed by atoms with Crippen molar-refractivity contribution < 1.29 is 0 Å². The van der Waals surface area contributed by atoms with Gasteiger partial charge in [0, 0.05) is 33.9 Å². The van der Waals surface area contributed by atoms with E-state index < -0.39 is 0 Å². The van der Waals surface area contributed by atoms with Gasteiger partial charge in [0.15, 0.2) is 0 Å². The second-order valence-electron chi connectivity index (χ2n) is 5.45. The van der Waals surface area contributed by atoms with Gasteiger partial charge in [0.25, 0.3) is 0 Å². The molecule has 4 heteroatoms. The Balaban J connectivity index is 1.73. The van der Waals surface area contributed by atoms with Crippen molar-refractivity contribution in [2.75, 3.05) is 12.8 Å². The SMILES string of the molecule is CSC1(CNCc2ccc(Br)c3cccnc23)CCC1. The zero-order valence-corrected chi connectivity index (χ0v) is 14.1. The summed E-state index contributed by atoms with van der Waals surface area (Å²) in [6.07, 6.45) is 8.18. The topological polar surface area (TPSA) is 24.9 Å². The molecule has 1 saturated carbocycles. The van der Waals surface area contributed by atoms with Gasteiger partial charge in [-0.1, -0.05) is 34.5 Å². The van der Waals surface area contributed by atoms with E-state index in [1.807, 2.05) is 24.0 Å². The first-order valence-electron chi connectivity index (χ1n) is 7.02. The fourth-order valence-electron chi connectivity index (χ4n) is 2.79. The average Bonchev–Trinajstić information content (AvgIpc) is 2.44. The second-order valence-corrected chi connectivity index (χ2v) is 7.58. The third-order valence-corrected chi connectivity index (χ3v) is 6.37. The first-order chi connectivity index (χ1) is 9.74. The molecule has 0 aliphatic heterocycles. The molecular formula is C16H19BrN2S. The fraction of sp³-hybridized carbons (Fsp3) is 0.438. The van der Waals surface area contributed by atoms with Gasteiger partial charge in [0.2, 0.25) is 0 Å². The number of benzene rings is 1. The molecule has 0 unspecified atom stereocenters. The Labute approximate surface area is 132 Å². The number of nitrogens with one attached hydrogen (secondary N) is 1. The zero-order chi connectivity index (χ0) is 14.0. The molecule has 3 rings (SSSR count). The van der Waals surface area contributed by atoms with Crippen LogP contribution in [0.3, 0.4) is 0 Å². The highest BCUT2D eigenvalue weighted by molar-refractivity contribution is 9.10. The lowest BCUT2D eigenvalue weighted by Gasteiger charge is -2.40. The molecule has 1 fully saturated rings. The van der Waals surface area contributed by atoms with Crippen LogP contribution in [0, 0.1) is 0 Å². The van der Waals surface area contributed by atoms with Gasteiger partial charge in [-0.15, -0.1) is 0 Å². The molecule has 0 bridgehead atoms. The van der Waals surface area contributed by atoms with Crippen LogP contribution >= 0.6 is 27.7 Å². The van der Waals surface area contributed by atoms with Crippen molar-refractivity contribution in [3.05, 3.63) is 40.5 Å². The summed E-state index contributed by atoms with van der Waals surface area (Å²) in [7, 11) is 0. The van der Waals surface area contributed by atoms with Crippen molar-refractivity contribution in [1.82, 2.24) is 10.3 Å². The maximum absolute atomic E-state index is 4.54. The van der Waals surface area contributed by atoms with E-state index in [1.165, 1.54) is 30.2 Å². The summed E-state index contributed by atoms with van der Waals surface area (Å²) in [6.45, 7) is 1.99. The van der Waals surface area contributed by atoms with Crippen LogP contribution in [0.5, 0.6) is 0 Å². The van der Waals surface area contributed by atoms with E-state index in [-0.39, 0.29) is 0 Å². The minimum Gasteiger partial charge on any atom is -0.311 e. The van der Waals surface area contributed by atoms with Crippen molar-refractivity contribution in [3.8, 4) is 0 Å². The lowest BCUT2D eigenvalue weighted by Crippen LogP contribution is -2.43. The minimum atomic E-state index is 0.485. The Morgan fingerprint density at radius 2 is 2.20 bits per heavy atom. The molecule has 0 saturated heterocycles. The summed E-state index contributed by atoms with van der Waals surface area (Å²) in [5.41, 5.74) is 2.38. The Morgan fingerprint density at radius 3 is 2.90 bits per heavy atom. The van der Waals surface area contributed by atoms with Crippen molar-refractivity contribution in [3.63, 3.8) is 0 Å². The highest BCUT2D eigenvalue weighted by atomic mass is 79.9. The molecule has 0 radical (unpaired) electrons. The van der Waals surface area contributed by atoms with Crippen LogP contribution in [0.25, 0.3) is 10.9 Å². The van der Waals surface area contributed by atoms with Crippen molar-refractivity contribution in [2.24, 2.45) is 0 Å². The van der Waals surface area contributed by atoms with Crippen LogP contribution in [-0.2, 0) is 6.54 Å². The number of fused-ring (bicyclic) bond motifs is 1. The van der Waals surface area contributed by atoms with Crippen LogP contribution < -0.4 is 5.32 Å². The highest BCUT2D eigenvalue weighted by Gasteiger charge is 2.35. The number of aromatic nitrogens is 1. The third-order valence-electron chi connectivity index (χ3n) is 4.26. The largest absolute Gasteiger partial charge is 0.311 e. The minimum absolute atomic E-state index is 0.485. The molecule has 20 heavy (non-hydrogen) atoms. The van der Waals surface area contributed by atoms with Gasteiger partial charge in [-0.05, 0) is 36.8 Å². The maximum Gasteiger partial charge on any atom is 0.0758 e. The van der Waals surface area contributed by atoms with Gasteiger partial charge in [-0.25, -0.2) is 0 Å². The number of halogens is 1. The molecule has 2 nitrogen and oxygen atoms in total. The van der Waals surface area contributed by atoms with Gasteiger partial charge in [-0.2, -0.15) is 11.8 Å². The van der Waals surface area contributed by atoms with Gasteiger partial charge in [0.1, 0.15) is 0 Å². The highest BCUT2D eigenvalue weighted by Crippen LogP contribution is 2.42. The van der Waals surface area contributed by atoms with Crippen LogP contribution in [0.2, 0.25) is 0 Å². The Hall–Kier alpha value is -0.580. The summed E-state index contributed by atoms with van der Waals surface area (Å²) in [5.74, 6) is 0. The molecule has 1 aliphatic rings. The van der Waals surface area contributed by atoms with Crippen molar-refractivity contribution >= 4 is 38.6 Å². The standard InChI is InChI=1S/C16H19BrN2S/c1-20-16(7-3-8-16)11-18-10-12-5-6-14(17)13-4-2-9-19-15(12)13/h2,4-6,9,18H,3,7-8,10-11H2,1H3. The third kappa shape index (κ3) is 2.74. The lowest BCUT2D eigenvalue weighted by atomic mass is 9.84. The fourth-order valence-corrected chi connectivity index (χ4v) is 4.18. The molecule has 2 aromatic rings. The van der Waals surface area contributed by atoms with E-state index >= 15 is 0 Å².